The van der Waals surface area contributed by atoms with Gasteiger partial charge in [0.1, 0.15) is 6.04 Å². The summed E-state index contributed by atoms with van der Waals surface area (Å²) in [6.07, 6.45) is 4.69. The minimum atomic E-state index is -0.429. The zero-order valence-corrected chi connectivity index (χ0v) is 16.3. The lowest BCUT2D eigenvalue weighted by molar-refractivity contribution is -0.135. The molecule has 4 heteroatoms. The van der Waals surface area contributed by atoms with Crippen LogP contribution in [0.5, 0.6) is 0 Å². The lowest BCUT2D eigenvalue weighted by Crippen LogP contribution is -2.47. The highest BCUT2D eigenvalue weighted by molar-refractivity contribution is 5.87. The Morgan fingerprint density at radius 1 is 0.964 bits per heavy atom. The van der Waals surface area contributed by atoms with Crippen molar-refractivity contribution in [2.24, 2.45) is 5.92 Å². The van der Waals surface area contributed by atoms with Gasteiger partial charge in [-0.05, 0) is 55.2 Å². The predicted octanol–water partition coefficient (Wildman–Crippen LogP) is 3.55. The van der Waals surface area contributed by atoms with Crippen LogP contribution in [-0.4, -0.2) is 41.1 Å². The normalized spacial score (nSPS) is 22.0. The lowest BCUT2D eigenvalue weighted by Gasteiger charge is -2.39. The highest BCUT2D eigenvalue weighted by Gasteiger charge is 2.48. The minimum absolute atomic E-state index is 0.198. The summed E-state index contributed by atoms with van der Waals surface area (Å²) >= 11 is 0. The first-order valence-corrected chi connectivity index (χ1v) is 10.6. The van der Waals surface area contributed by atoms with Crippen molar-refractivity contribution in [2.45, 2.75) is 43.7 Å². The van der Waals surface area contributed by atoms with E-state index in [4.69, 9.17) is 0 Å². The van der Waals surface area contributed by atoms with Crippen LogP contribution in [0.4, 0.5) is 5.69 Å². The third-order valence-corrected chi connectivity index (χ3v) is 6.91. The molecule has 1 atom stereocenters. The number of likely N-dealkylation sites (tertiary alicyclic amines) is 1. The molecule has 2 aromatic carbocycles. The number of carbonyl (C=O) groups excluding carboxylic acids is 1. The van der Waals surface area contributed by atoms with Gasteiger partial charge in [-0.15, -0.1) is 0 Å². The summed E-state index contributed by atoms with van der Waals surface area (Å²) in [4.78, 5) is 18.0. The molecule has 1 amide bonds. The Hall–Kier alpha value is -2.33. The largest absolute Gasteiger partial charge is 0.390 e. The van der Waals surface area contributed by atoms with Crippen molar-refractivity contribution < 1.29 is 9.90 Å². The molecule has 5 rings (SSSR count). The number of rotatable bonds is 4. The Morgan fingerprint density at radius 3 is 2.36 bits per heavy atom. The quantitative estimate of drug-likeness (QED) is 0.887. The Morgan fingerprint density at radius 2 is 1.64 bits per heavy atom. The van der Waals surface area contributed by atoms with Gasteiger partial charge < -0.3 is 14.9 Å². The molecule has 1 N–H and O–H groups in total. The second kappa shape index (κ2) is 6.93. The van der Waals surface area contributed by atoms with Crippen LogP contribution < -0.4 is 4.90 Å². The fourth-order valence-corrected chi connectivity index (χ4v) is 5.07. The van der Waals surface area contributed by atoms with E-state index in [2.05, 4.69) is 41.3 Å². The van der Waals surface area contributed by atoms with E-state index >= 15 is 0 Å². The van der Waals surface area contributed by atoms with Crippen molar-refractivity contribution in [2.75, 3.05) is 24.5 Å². The first-order chi connectivity index (χ1) is 13.7. The summed E-state index contributed by atoms with van der Waals surface area (Å²) in [5.74, 6) is 0.559. The molecular formula is C24H28N2O2. The van der Waals surface area contributed by atoms with E-state index in [1.165, 1.54) is 11.3 Å². The highest BCUT2D eigenvalue weighted by atomic mass is 16.3. The van der Waals surface area contributed by atoms with Gasteiger partial charge >= 0.3 is 0 Å². The van der Waals surface area contributed by atoms with Crippen molar-refractivity contribution in [3.63, 3.8) is 0 Å². The molecule has 0 aromatic heterocycles. The van der Waals surface area contributed by atoms with E-state index in [0.717, 1.165) is 57.3 Å². The van der Waals surface area contributed by atoms with E-state index in [1.807, 2.05) is 23.1 Å². The van der Waals surface area contributed by atoms with Crippen LogP contribution in [0, 0.1) is 5.92 Å². The monoisotopic (exact) mass is 376 g/mol. The van der Waals surface area contributed by atoms with Crippen LogP contribution in [0.2, 0.25) is 0 Å². The molecule has 4 nitrogen and oxygen atoms in total. The number of fused-ring (bicyclic) bond motifs is 1. The van der Waals surface area contributed by atoms with Crippen molar-refractivity contribution in [1.82, 2.24) is 4.90 Å². The number of hydrogen-bond donors (Lipinski definition) is 1. The molecule has 0 bridgehead atoms. The standard InChI is InChI=1S/C24H28N2O2/c27-23(25-15-11-20(12-16-25)24(28)13-14-24)22(19-7-2-1-3-8-19)26-17-10-18-6-4-5-9-21(18)26/h1-9,20,22,28H,10-17H2. The number of nitrogens with zero attached hydrogens (tertiary/aromatic N) is 2. The number of benzene rings is 2. The molecule has 1 saturated heterocycles. The van der Waals surface area contributed by atoms with Gasteiger partial charge in [0.2, 0.25) is 5.91 Å². The van der Waals surface area contributed by atoms with Crippen LogP contribution in [0.15, 0.2) is 54.6 Å². The van der Waals surface area contributed by atoms with E-state index in [-0.39, 0.29) is 11.9 Å². The van der Waals surface area contributed by atoms with Crippen molar-refractivity contribution in [1.29, 1.82) is 0 Å². The minimum Gasteiger partial charge on any atom is -0.390 e. The number of amides is 1. The van der Waals surface area contributed by atoms with Gasteiger partial charge in [0.25, 0.3) is 0 Å². The van der Waals surface area contributed by atoms with Gasteiger partial charge in [0, 0.05) is 25.3 Å². The fraction of sp³-hybridized carbons (Fsp3) is 0.458. The molecule has 3 aliphatic rings. The van der Waals surface area contributed by atoms with Crippen LogP contribution in [0.25, 0.3) is 0 Å². The van der Waals surface area contributed by atoms with E-state index in [9.17, 15) is 9.90 Å². The summed E-state index contributed by atoms with van der Waals surface area (Å²) in [5, 5.41) is 10.4. The van der Waals surface area contributed by atoms with E-state index < -0.39 is 5.60 Å². The SMILES string of the molecule is O=C(C(c1ccccc1)N1CCc2ccccc21)N1CCC(C2(O)CC2)CC1. The summed E-state index contributed by atoms with van der Waals surface area (Å²) in [6, 6.07) is 18.4. The van der Waals surface area contributed by atoms with E-state index in [1.54, 1.807) is 0 Å². The fourth-order valence-electron chi connectivity index (χ4n) is 5.07. The van der Waals surface area contributed by atoms with Gasteiger partial charge in [-0.3, -0.25) is 4.79 Å². The number of piperidine rings is 1. The van der Waals surface area contributed by atoms with E-state index in [0.29, 0.717) is 5.92 Å². The number of hydrogen-bond acceptors (Lipinski definition) is 3. The summed E-state index contributed by atoms with van der Waals surface area (Å²) < 4.78 is 0. The van der Waals surface area contributed by atoms with Gasteiger partial charge in [0.15, 0.2) is 0 Å². The number of carbonyl (C=O) groups is 1. The topological polar surface area (TPSA) is 43.8 Å². The lowest BCUT2D eigenvalue weighted by atomic mass is 9.89. The molecule has 28 heavy (non-hydrogen) atoms. The summed E-state index contributed by atoms with van der Waals surface area (Å²) in [7, 11) is 0. The first-order valence-electron chi connectivity index (χ1n) is 10.6. The number of aliphatic hydroxyl groups is 1. The van der Waals surface area contributed by atoms with Gasteiger partial charge in [-0.1, -0.05) is 48.5 Å². The number of anilines is 1. The Bertz CT molecular complexity index is 854. The maximum absolute atomic E-state index is 13.7. The highest BCUT2D eigenvalue weighted by Crippen LogP contribution is 2.46. The maximum atomic E-state index is 13.7. The Balaban J connectivity index is 1.40. The predicted molar refractivity (Wildman–Crippen MR) is 110 cm³/mol. The average molecular weight is 377 g/mol. The Kier molecular flexibility index (Phi) is 4.39. The van der Waals surface area contributed by atoms with Crippen LogP contribution in [-0.2, 0) is 11.2 Å². The zero-order chi connectivity index (χ0) is 19.1. The molecule has 1 unspecified atom stereocenters. The molecule has 2 aromatic rings. The van der Waals surface area contributed by atoms with Crippen molar-refractivity contribution in [3.8, 4) is 0 Å². The third kappa shape index (κ3) is 3.10. The molecule has 2 aliphatic heterocycles. The second-order valence-corrected chi connectivity index (χ2v) is 8.59. The van der Waals surface area contributed by atoms with Gasteiger partial charge in [-0.25, -0.2) is 0 Å². The smallest absolute Gasteiger partial charge is 0.249 e. The molecular weight excluding hydrogens is 348 g/mol. The number of para-hydroxylation sites is 1. The first kappa shape index (κ1) is 17.7. The molecule has 1 saturated carbocycles. The van der Waals surface area contributed by atoms with Crippen molar-refractivity contribution >= 4 is 11.6 Å². The van der Waals surface area contributed by atoms with Gasteiger partial charge in [-0.2, -0.15) is 0 Å². The zero-order valence-electron chi connectivity index (χ0n) is 16.3. The maximum Gasteiger partial charge on any atom is 0.249 e. The second-order valence-electron chi connectivity index (χ2n) is 8.59. The molecule has 2 heterocycles. The van der Waals surface area contributed by atoms with Crippen LogP contribution in [0.1, 0.15) is 42.9 Å². The van der Waals surface area contributed by atoms with Crippen LogP contribution >= 0.6 is 0 Å². The molecule has 1 aliphatic carbocycles. The third-order valence-electron chi connectivity index (χ3n) is 6.91. The molecule has 0 spiro atoms. The Labute approximate surface area is 166 Å². The van der Waals surface area contributed by atoms with Crippen LogP contribution in [0.3, 0.4) is 0 Å². The molecule has 146 valence electrons. The van der Waals surface area contributed by atoms with Crippen molar-refractivity contribution in [3.05, 3.63) is 65.7 Å². The van der Waals surface area contributed by atoms with Gasteiger partial charge in [0.05, 0.1) is 5.60 Å². The molecule has 2 fully saturated rings. The molecule has 0 radical (unpaired) electrons. The summed E-state index contributed by atoms with van der Waals surface area (Å²) in [5.41, 5.74) is 3.15. The summed E-state index contributed by atoms with van der Waals surface area (Å²) in [6.45, 7) is 2.39. The average Bonchev–Trinajstić information content (AvgIpc) is 3.37.